The van der Waals surface area contributed by atoms with E-state index in [2.05, 4.69) is 0 Å². The Bertz CT molecular complexity index is 319. The van der Waals surface area contributed by atoms with Gasteiger partial charge in [-0.2, -0.15) is 17.6 Å². The minimum Gasteiger partial charge on any atom is -0.288 e. The molecular weight excluding hydrogens is 308 g/mol. The number of carbonyl (C=O) groups excluding carboxylic acids is 1. The summed E-state index contributed by atoms with van der Waals surface area (Å²) in [4.78, 5) is 10.4. The summed E-state index contributed by atoms with van der Waals surface area (Å²) in [5.41, 5.74) is 0. The highest BCUT2D eigenvalue weighted by Gasteiger charge is 2.68. The molecule has 0 radical (unpaired) electrons. The molecule has 1 unspecified atom stereocenters. The Labute approximate surface area is 107 Å². The van der Waals surface area contributed by atoms with Crippen molar-refractivity contribution in [2.45, 2.75) is 37.3 Å². The number of carbonyl (C=O) groups is 1. The number of hydrogen-bond acceptors (Lipinski definition) is 2. The Balaban J connectivity index is 4.86. The molecule has 0 spiro atoms. The van der Waals surface area contributed by atoms with E-state index in [-0.39, 0.29) is 0 Å². The van der Waals surface area contributed by atoms with E-state index in [0.717, 1.165) is 6.92 Å². The minimum absolute atomic E-state index is 0.307. The van der Waals surface area contributed by atoms with Crippen LogP contribution in [0.15, 0.2) is 0 Å². The van der Waals surface area contributed by atoms with Gasteiger partial charge in [-0.05, 0) is 0 Å². The molecule has 0 saturated heterocycles. The zero-order valence-electron chi connectivity index (χ0n) is 9.54. The fraction of sp³-hybridized carbons (Fsp3) is 0.889. The van der Waals surface area contributed by atoms with Gasteiger partial charge in [0.05, 0.1) is 0 Å². The second-order valence-electron chi connectivity index (χ2n) is 3.67. The van der Waals surface area contributed by atoms with Gasteiger partial charge in [0, 0.05) is 19.1 Å². The maximum atomic E-state index is 13.0. The molecule has 0 aromatic rings. The van der Waals surface area contributed by atoms with Crippen molar-refractivity contribution in [3.05, 3.63) is 0 Å². The van der Waals surface area contributed by atoms with Crippen LogP contribution in [0.5, 0.6) is 0 Å². The van der Waals surface area contributed by atoms with Crippen LogP contribution in [0.2, 0.25) is 0 Å². The van der Waals surface area contributed by atoms with Gasteiger partial charge in [-0.25, -0.2) is 17.6 Å². The van der Waals surface area contributed by atoms with Crippen LogP contribution in [0, 0.1) is 0 Å². The normalized spacial score (nSPS) is 15.4. The van der Waals surface area contributed by atoms with E-state index in [1.807, 2.05) is 0 Å². The second-order valence-corrected chi connectivity index (χ2v) is 4.95. The minimum atomic E-state index is -5.84. The summed E-state index contributed by atoms with van der Waals surface area (Å²) in [6.07, 6.45) is -6.09. The smallest absolute Gasteiger partial charge is 0.288 e. The summed E-state index contributed by atoms with van der Waals surface area (Å²) in [6, 6.07) is 0. The first kappa shape index (κ1) is 18.5. The molecule has 0 aliphatic carbocycles. The van der Waals surface area contributed by atoms with Gasteiger partial charge in [-0.15, -0.1) is 0 Å². The van der Waals surface area contributed by atoms with Gasteiger partial charge in [0.1, 0.15) is 0 Å². The molecule has 0 aromatic carbocycles. The van der Waals surface area contributed by atoms with Crippen LogP contribution in [0.4, 0.5) is 35.1 Å². The predicted octanol–water partition coefficient (Wildman–Crippen LogP) is 3.87. The Morgan fingerprint density at radius 2 is 1.63 bits per heavy atom. The van der Waals surface area contributed by atoms with E-state index < -0.39 is 47.9 Å². The zero-order valence-corrected chi connectivity index (χ0v) is 10.4. The average molecular weight is 318 g/mol. The summed E-state index contributed by atoms with van der Waals surface area (Å²) < 4.78 is 101. The first-order valence-electron chi connectivity index (χ1n) is 4.85. The van der Waals surface area contributed by atoms with Crippen molar-refractivity contribution in [2.75, 3.05) is 12.4 Å². The van der Waals surface area contributed by atoms with Crippen molar-refractivity contribution < 1.29 is 39.9 Å². The van der Waals surface area contributed by atoms with Crippen molar-refractivity contribution >= 4 is 16.9 Å². The first-order chi connectivity index (χ1) is 8.38. The number of hydrogen-bond donors (Lipinski definition) is 0. The molecule has 0 fully saturated rings. The maximum Gasteiger partial charge on any atom is 0.349 e. The second kappa shape index (κ2) is 6.27. The van der Waals surface area contributed by atoms with Gasteiger partial charge < -0.3 is 0 Å². The monoisotopic (exact) mass is 318 g/mol. The van der Waals surface area contributed by atoms with Crippen LogP contribution in [0.3, 0.4) is 0 Å². The van der Waals surface area contributed by atoms with Crippen molar-refractivity contribution in [2.24, 2.45) is 0 Å². The predicted molar refractivity (Wildman–Crippen MR) is 53.5 cm³/mol. The lowest BCUT2D eigenvalue weighted by molar-refractivity contribution is -0.280. The Hall–Kier alpha value is -0.540. The summed E-state index contributed by atoms with van der Waals surface area (Å²) in [6.45, 7) is -1.96. The molecule has 0 saturated carbocycles. The van der Waals surface area contributed by atoms with E-state index >= 15 is 0 Å². The van der Waals surface area contributed by atoms with Crippen LogP contribution < -0.4 is 0 Å². The lowest BCUT2D eigenvalue weighted by Crippen LogP contribution is -2.55. The van der Waals surface area contributed by atoms with Crippen molar-refractivity contribution in [1.29, 1.82) is 0 Å². The molecule has 0 aliphatic heterocycles. The zero-order chi connectivity index (χ0) is 15.5. The lowest BCUT2D eigenvalue weighted by atomic mass is 10.0. The molecular formula is C9H10F8OS. The molecule has 0 N–H and O–H groups in total. The lowest BCUT2D eigenvalue weighted by Gasteiger charge is -2.31. The number of thioether (sulfide) groups is 1. The van der Waals surface area contributed by atoms with Crippen LogP contribution in [-0.2, 0) is 4.79 Å². The molecule has 0 rings (SSSR count). The fourth-order valence-electron chi connectivity index (χ4n) is 0.997. The standard InChI is InChI=1S/C9H10F8OS/c1-5(18)19-3-2-7(12,13)6(11)9(16,17)8(14,15)4-10/h6H,2-4H2,1H3. The number of halogens is 8. The molecule has 0 aromatic heterocycles. The van der Waals surface area contributed by atoms with E-state index in [1.165, 1.54) is 0 Å². The van der Waals surface area contributed by atoms with E-state index in [1.54, 1.807) is 0 Å². The highest BCUT2D eigenvalue weighted by molar-refractivity contribution is 8.13. The molecule has 1 atom stereocenters. The quantitative estimate of drug-likeness (QED) is 0.663. The highest BCUT2D eigenvalue weighted by atomic mass is 32.2. The van der Waals surface area contributed by atoms with Gasteiger partial charge >= 0.3 is 11.8 Å². The van der Waals surface area contributed by atoms with Crippen LogP contribution >= 0.6 is 11.8 Å². The van der Waals surface area contributed by atoms with E-state index in [0.29, 0.717) is 11.8 Å². The van der Waals surface area contributed by atoms with Crippen LogP contribution in [0.1, 0.15) is 13.3 Å². The Morgan fingerprint density at radius 3 is 2.00 bits per heavy atom. The first-order valence-corrected chi connectivity index (χ1v) is 5.84. The van der Waals surface area contributed by atoms with Gasteiger partial charge in [-0.1, -0.05) is 11.8 Å². The highest BCUT2D eigenvalue weighted by Crippen LogP contribution is 2.45. The third-order valence-corrected chi connectivity index (χ3v) is 2.90. The van der Waals surface area contributed by atoms with Crippen molar-refractivity contribution in [3.8, 4) is 0 Å². The molecule has 10 heteroatoms. The van der Waals surface area contributed by atoms with Crippen molar-refractivity contribution in [1.82, 2.24) is 0 Å². The molecule has 0 bridgehead atoms. The molecule has 114 valence electrons. The SMILES string of the molecule is CC(=O)SCCC(F)(F)C(F)C(F)(F)C(F)(F)CF. The molecule has 0 heterocycles. The molecule has 0 amide bonds. The topological polar surface area (TPSA) is 17.1 Å². The fourth-order valence-corrected chi connectivity index (χ4v) is 1.66. The van der Waals surface area contributed by atoms with Crippen LogP contribution in [-0.4, -0.2) is 41.5 Å². The van der Waals surface area contributed by atoms with Gasteiger partial charge in [0.2, 0.25) is 6.17 Å². The molecule has 0 aliphatic rings. The Kier molecular flexibility index (Phi) is 6.10. The van der Waals surface area contributed by atoms with E-state index in [9.17, 15) is 39.9 Å². The van der Waals surface area contributed by atoms with Crippen molar-refractivity contribution in [3.63, 3.8) is 0 Å². The van der Waals surface area contributed by atoms with Gasteiger partial charge in [0.15, 0.2) is 11.8 Å². The number of alkyl halides is 8. The maximum absolute atomic E-state index is 13.0. The van der Waals surface area contributed by atoms with Crippen LogP contribution in [0.25, 0.3) is 0 Å². The molecule has 19 heavy (non-hydrogen) atoms. The third kappa shape index (κ3) is 4.50. The largest absolute Gasteiger partial charge is 0.349 e. The summed E-state index contributed by atoms with van der Waals surface area (Å²) in [5, 5.41) is -0.618. The molecule has 1 nitrogen and oxygen atoms in total. The summed E-state index contributed by atoms with van der Waals surface area (Å²) in [5.74, 6) is -16.9. The third-order valence-electron chi connectivity index (χ3n) is 2.09. The summed E-state index contributed by atoms with van der Waals surface area (Å²) in [7, 11) is 0. The number of rotatable bonds is 7. The van der Waals surface area contributed by atoms with Gasteiger partial charge in [-0.3, -0.25) is 4.79 Å². The van der Waals surface area contributed by atoms with E-state index in [4.69, 9.17) is 0 Å². The summed E-state index contributed by atoms with van der Waals surface area (Å²) >= 11 is 0.307. The van der Waals surface area contributed by atoms with Gasteiger partial charge in [0.25, 0.3) is 5.92 Å². The Morgan fingerprint density at radius 1 is 1.16 bits per heavy atom. The average Bonchev–Trinajstić information content (AvgIpc) is 2.26.